The Balaban J connectivity index is 0. The first-order valence-corrected chi connectivity index (χ1v) is 9.19. The van der Waals surface area contributed by atoms with E-state index in [-0.39, 0.29) is 39.1 Å². The fraction of sp³-hybridized carbons (Fsp3) is 0.778. The van der Waals surface area contributed by atoms with Gasteiger partial charge in [0.05, 0.1) is 26.1 Å². The van der Waals surface area contributed by atoms with Gasteiger partial charge < -0.3 is 41.3 Å². The van der Waals surface area contributed by atoms with Crippen LogP contribution in [0.15, 0.2) is 0 Å². The van der Waals surface area contributed by atoms with Crippen molar-refractivity contribution in [3.05, 3.63) is 0 Å². The summed E-state index contributed by atoms with van der Waals surface area (Å²) in [5, 5.41) is 57.9. The number of aliphatic hydroxyl groups is 4. The smallest absolute Gasteiger partial charge is 0.305 e. The zero-order chi connectivity index (χ0) is 24.1. The van der Waals surface area contributed by atoms with Crippen molar-refractivity contribution < 1.29 is 49.8 Å². The van der Waals surface area contributed by atoms with Crippen molar-refractivity contribution in [1.29, 1.82) is 0 Å². The van der Waals surface area contributed by atoms with Crippen molar-refractivity contribution in [3.8, 4) is 0 Å². The van der Waals surface area contributed by atoms with Crippen molar-refractivity contribution in [2.24, 2.45) is 10.8 Å². The standard InChI is InChI=1S/2C9H17NO5/c2*1-9(2,5-11)7(14)8(15)10-4-3-6(12)13/h2*7,11,14H,3-5H2,1-2H3,(H,10,15)(H,12,13)/t2*7-/m00/s1. The number of carbonyl (C=O) groups is 4. The third-order valence-electron chi connectivity index (χ3n) is 4.07. The molecule has 0 saturated heterocycles. The van der Waals surface area contributed by atoms with Gasteiger partial charge in [-0.1, -0.05) is 27.7 Å². The van der Waals surface area contributed by atoms with Crippen molar-refractivity contribution in [3.63, 3.8) is 0 Å². The van der Waals surface area contributed by atoms with Crippen LogP contribution in [-0.4, -0.2) is 92.9 Å². The van der Waals surface area contributed by atoms with E-state index in [9.17, 15) is 29.4 Å². The van der Waals surface area contributed by atoms with E-state index in [4.69, 9.17) is 20.4 Å². The van der Waals surface area contributed by atoms with Gasteiger partial charge in [0.15, 0.2) is 0 Å². The molecule has 0 fully saturated rings. The predicted molar refractivity (Wildman–Crippen MR) is 104 cm³/mol. The lowest BCUT2D eigenvalue weighted by Crippen LogP contribution is -2.45. The minimum absolute atomic E-state index is 0.0350. The quantitative estimate of drug-likeness (QED) is 0.166. The van der Waals surface area contributed by atoms with Gasteiger partial charge in [0.2, 0.25) is 11.8 Å². The van der Waals surface area contributed by atoms with Gasteiger partial charge >= 0.3 is 11.9 Å². The molecule has 0 aromatic heterocycles. The van der Waals surface area contributed by atoms with Crippen LogP contribution >= 0.6 is 0 Å². The first kappa shape index (κ1) is 29.9. The monoisotopic (exact) mass is 438 g/mol. The van der Waals surface area contributed by atoms with E-state index in [2.05, 4.69) is 10.6 Å². The number of carboxylic acid groups (broad SMARTS) is 2. The molecule has 0 aromatic rings. The molecule has 2 amide bonds. The number of carboxylic acids is 2. The molecule has 12 nitrogen and oxygen atoms in total. The highest BCUT2D eigenvalue weighted by atomic mass is 16.4. The highest BCUT2D eigenvalue weighted by Crippen LogP contribution is 2.20. The number of amides is 2. The molecular weight excluding hydrogens is 404 g/mol. The molecule has 0 aliphatic heterocycles. The maximum Gasteiger partial charge on any atom is 0.305 e. The van der Waals surface area contributed by atoms with Crippen molar-refractivity contribution >= 4 is 23.8 Å². The van der Waals surface area contributed by atoms with Gasteiger partial charge in [0.25, 0.3) is 0 Å². The van der Waals surface area contributed by atoms with E-state index in [1.54, 1.807) is 0 Å². The molecule has 0 unspecified atom stereocenters. The Kier molecular flexibility index (Phi) is 13.8. The minimum atomic E-state index is -1.35. The second-order valence-corrected chi connectivity index (χ2v) is 7.97. The average molecular weight is 438 g/mol. The summed E-state index contributed by atoms with van der Waals surface area (Å²) in [6.07, 6.45) is -3.09. The van der Waals surface area contributed by atoms with Crippen LogP contribution in [0.5, 0.6) is 0 Å². The molecule has 12 heteroatoms. The number of rotatable bonds is 12. The molecular formula is C18H34N2O10. The van der Waals surface area contributed by atoms with Crippen molar-refractivity contribution in [2.75, 3.05) is 26.3 Å². The summed E-state index contributed by atoms with van der Waals surface area (Å²) in [7, 11) is 0. The number of aliphatic hydroxyl groups excluding tert-OH is 4. The molecule has 0 aromatic carbocycles. The van der Waals surface area contributed by atoms with Crippen molar-refractivity contribution in [2.45, 2.75) is 52.7 Å². The zero-order valence-electron chi connectivity index (χ0n) is 17.7. The Hall–Kier alpha value is -2.28. The molecule has 176 valence electrons. The molecule has 0 bridgehead atoms. The number of nitrogens with one attached hydrogen (secondary N) is 2. The molecule has 8 N–H and O–H groups in total. The Morgan fingerprint density at radius 1 is 0.700 bits per heavy atom. The van der Waals surface area contributed by atoms with Crippen LogP contribution in [-0.2, 0) is 19.2 Å². The van der Waals surface area contributed by atoms with Gasteiger partial charge in [-0.3, -0.25) is 19.2 Å². The molecule has 0 heterocycles. The molecule has 2 atom stereocenters. The topological polar surface area (TPSA) is 214 Å². The zero-order valence-corrected chi connectivity index (χ0v) is 17.7. The normalized spacial score (nSPS) is 13.3. The van der Waals surface area contributed by atoms with Crippen molar-refractivity contribution in [1.82, 2.24) is 10.6 Å². The maximum absolute atomic E-state index is 11.3. The van der Waals surface area contributed by atoms with E-state index in [1.807, 2.05) is 0 Å². The first-order valence-electron chi connectivity index (χ1n) is 9.19. The fourth-order valence-corrected chi connectivity index (χ4v) is 1.66. The van der Waals surface area contributed by atoms with Crippen LogP contribution in [0.25, 0.3) is 0 Å². The first-order chi connectivity index (χ1) is 13.6. The molecule has 0 radical (unpaired) electrons. The minimum Gasteiger partial charge on any atom is -0.481 e. The second kappa shape index (κ2) is 13.9. The lowest BCUT2D eigenvalue weighted by atomic mass is 9.87. The third kappa shape index (κ3) is 12.3. The molecule has 0 spiro atoms. The number of hydrogen-bond acceptors (Lipinski definition) is 8. The number of aliphatic carboxylic acids is 2. The van der Waals surface area contributed by atoms with Crippen LogP contribution in [0, 0.1) is 10.8 Å². The van der Waals surface area contributed by atoms with E-state index in [1.165, 1.54) is 27.7 Å². The van der Waals surface area contributed by atoms with Crippen LogP contribution in [0.4, 0.5) is 0 Å². The third-order valence-corrected chi connectivity index (χ3v) is 4.07. The van der Waals surface area contributed by atoms with Crippen LogP contribution in [0.3, 0.4) is 0 Å². The summed E-state index contributed by atoms with van der Waals surface area (Å²) in [5.41, 5.74) is -1.87. The van der Waals surface area contributed by atoms with Crippen LogP contribution in [0.2, 0.25) is 0 Å². The van der Waals surface area contributed by atoms with Crippen LogP contribution < -0.4 is 10.6 Å². The fourth-order valence-electron chi connectivity index (χ4n) is 1.66. The highest BCUT2D eigenvalue weighted by molar-refractivity contribution is 5.82. The second-order valence-electron chi connectivity index (χ2n) is 7.97. The van der Waals surface area contributed by atoms with Gasteiger partial charge in [-0.25, -0.2) is 0 Å². The molecule has 0 saturated carbocycles. The molecule has 0 rings (SSSR count). The predicted octanol–water partition coefficient (Wildman–Crippen LogP) is -2.09. The van der Waals surface area contributed by atoms with E-state index in [0.717, 1.165) is 0 Å². The highest BCUT2D eigenvalue weighted by Gasteiger charge is 2.33. The van der Waals surface area contributed by atoms with Gasteiger partial charge in [-0.05, 0) is 0 Å². The summed E-state index contributed by atoms with van der Waals surface area (Å²) in [5.74, 6) is -3.39. The SMILES string of the molecule is CC(C)(CO)[C@@H](O)C(=O)NCCC(=O)O.CC(C)(CO)[C@@H](O)C(=O)NCCC(=O)O. The lowest BCUT2D eigenvalue weighted by molar-refractivity contribution is -0.140. The molecule has 0 aliphatic carbocycles. The summed E-state index contributed by atoms with van der Waals surface area (Å²) in [6, 6.07) is 0. The summed E-state index contributed by atoms with van der Waals surface area (Å²) >= 11 is 0. The van der Waals surface area contributed by atoms with Gasteiger partial charge in [0.1, 0.15) is 12.2 Å². The van der Waals surface area contributed by atoms with Gasteiger partial charge in [-0.2, -0.15) is 0 Å². The molecule has 30 heavy (non-hydrogen) atoms. The van der Waals surface area contributed by atoms with Crippen LogP contribution in [0.1, 0.15) is 40.5 Å². The number of carbonyl (C=O) groups excluding carboxylic acids is 2. The lowest BCUT2D eigenvalue weighted by Gasteiger charge is -2.26. The largest absolute Gasteiger partial charge is 0.481 e. The Morgan fingerprint density at radius 3 is 1.17 bits per heavy atom. The van der Waals surface area contributed by atoms with Gasteiger partial charge in [-0.15, -0.1) is 0 Å². The van der Waals surface area contributed by atoms with Gasteiger partial charge in [0, 0.05) is 23.9 Å². The maximum atomic E-state index is 11.3. The Bertz CT molecular complexity index is 527. The summed E-state index contributed by atoms with van der Waals surface area (Å²) in [6.45, 7) is 5.41. The molecule has 0 aliphatic rings. The Morgan fingerprint density at radius 2 is 0.967 bits per heavy atom. The summed E-state index contributed by atoms with van der Waals surface area (Å²) < 4.78 is 0. The Labute approximate surface area is 174 Å². The number of hydrogen-bond donors (Lipinski definition) is 8. The van der Waals surface area contributed by atoms with E-state index >= 15 is 0 Å². The van der Waals surface area contributed by atoms with E-state index in [0.29, 0.717) is 0 Å². The average Bonchev–Trinajstić information content (AvgIpc) is 2.66. The van der Waals surface area contributed by atoms with E-state index < -0.39 is 46.8 Å². The summed E-state index contributed by atoms with van der Waals surface area (Å²) in [4.78, 5) is 42.8.